The van der Waals surface area contributed by atoms with Crippen LogP contribution in [0.3, 0.4) is 0 Å². The third-order valence-electron chi connectivity index (χ3n) is 6.16. The molecule has 0 unspecified atom stereocenters. The summed E-state index contributed by atoms with van der Waals surface area (Å²) in [5.74, 6) is 0.933. The first-order valence-corrected chi connectivity index (χ1v) is 13.0. The smallest absolute Gasteiger partial charge is 0.293 e. The van der Waals surface area contributed by atoms with Crippen molar-refractivity contribution in [3.8, 4) is 11.5 Å². The standard InChI is InChI=1S/C31H27NO4S/c1-3-35-28-17-23(15-16-27(28)36-20-22-13-11-21(2)12-14-22)18-29-30(33)32(31(34)37-29)19-25-9-6-8-24-7-4-5-10-26(24)25/h4-18H,3,19-20H2,1-2H3/b29-18-. The van der Waals surface area contributed by atoms with E-state index < -0.39 is 0 Å². The summed E-state index contributed by atoms with van der Waals surface area (Å²) in [6, 6.07) is 27.6. The Morgan fingerprint density at radius 2 is 1.65 bits per heavy atom. The minimum Gasteiger partial charge on any atom is -0.490 e. The van der Waals surface area contributed by atoms with Crippen molar-refractivity contribution < 1.29 is 19.1 Å². The second-order valence-electron chi connectivity index (χ2n) is 8.82. The fourth-order valence-electron chi connectivity index (χ4n) is 4.24. The van der Waals surface area contributed by atoms with E-state index in [1.807, 2.05) is 79.7 Å². The molecule has 37 heavy (non-hydrogen) atoms. The number of rotatable bonds is 8. The third kappa shape index (κ3) is 5.54. The number of imide groups is 1. The second-order valence-corrected chi connectivity index (χ2v) is 9.81. The van der Waals surface area contributed by atoms with Crippen LogP contribution in [0.15, 0.2) is 89.8 Å². The third-order valence-corrected chi connectivity index (χ3v) is 7.07. The molecule has 0 N–H and O–H groups in total. The van der Waals surface area contributed by atoms with Crippen molar-refractivity contribution in [1.29, 1.82) is 0 Å². The first kappa shape index (κ1) is 24.7. The monoisotopic (exact) mass is 509 g/mol. The molecule has 1 aliphatic heterocycles. The molecule has 0 spiro atoms. The number of ether oxygens (including phenoxy) is 2. The van der Waals surface area contributed by atoms with Crippen LogP contribution in [0.5, 0.6) is 11.5 Å². The van der Waals surface area contributed by atoms with E-state index in [9.17, 15) is 9.59 Å². The lowest BCUT2D eigenvalue weighted by Crippen LogP contribution is -2.27. The zero-order valence-corrected chi connectivity index (χ0v) is 21.6. The van der Waals surface area contributed by atoms with Gasteiger partial charge in [-0.05, 0) is 71.3 Å². The quantitative estimate of drug-likeness (QED) is 0.232. The molecule has 0 bridgehead atoms. The summed E-state index contributed by atoms with van der Waals surface area (Å²) in [5, 5.41) is 1.85. The summed E-state index contributed by atoms with van der Waals surface area (Å²) in [6.07, 6.45) is 1.74. The molecule has 4 aromatic carbocycles. The fourth-order valence-corrected chi connectivity index (χ4v) is 5.07. The summed E-state index contributed by atoms with van der Waals surface area (Å²) in [5.41, 5.74) is 3.97. The molecular weight excluding hydrogens is 482 g/mol. The molecule has 0 atom stereocenters. The first-order valence-electron chi connectivity index (χ1n) is 12.2. The summed E-state index contributed by atoms with van der Waals surface area (Å²) < 4.78 is 11.8. The Morgan fingerprint density at radius 3 is 2.46 bits per heavy atom. The van der Waals surface area contributed by atoms with Crippen LogP contribution in [-0.4, -0.2) is 22.7 Å². The fraction of sp³-hybridized carbons (Fsp3) is 0.161. The average Bonchev–Trinajstić information content (AvgIpc) is 3.17. The number of amides is 2. The highest BCUT2D eigenvalue weighted by Gasteiger charge is 2.35. The zero-order chi connectivity index (χ0) is 25.8. The van der Waals surface area contributed by atoms with Gasteiger partial charge in [0.1, 0.15) is 6.61 Å². The van der Waals surface area contributed by atoms with Crippen LogP contribution in [-0.2, 0) is 17.9 Å². The lowest BCUT2D eigenvalue weighted by atomic mass is 10.0. The van der Waals surface area contributed by atoms with Crippen molar-refractivity contribution >= 4 is 39.8 Å². The topological polar surface area (TPSA) is 55.8 Å². The molecule has 1 aliphatic rings. The van der Waals surface area contributed by atoms with E-state index in [1.54, 1.807) is 6.08 Å². The zero-order valence-electron chi connectivity index (χ0n) is 20.8. The maximum Gasteiger partial charge on any atom is 0.293 e. The van der Waals surface area contributed by atoms with Crippen LogP contribution in [0, 0.1) is 6.92 Å². The Morgan fingerprint density at radius 1 is 0.865 bits per heavy atom. The molecular formula is C31H27NO4S. The van der Waals surface area contributed by atoms with Gasteiger partial charge < -0.3 is 9.47 Å². The Balaban J connectivity index is 1.34. The molecule has 186 valence electrons. The number of aryl methyl sites for hydroxylation is 1. The molecule has 0 aromatic heterocycles. The summed E-state index contributed by atoms with van der Waals surface area (Å²) in [6.45, 7) is 5.10. The van der Waals surface area contributed by atoms with Gasteiger partial charge in [0.2, 0.25) is 0 Å². The van der Waals surface area contributed by atoms with Crippen LogP contribution in [0.4, 0.5) is 4.79 Å². The van der Waals surface area contributed by atoms with E-state index >= 15 is 0 Å². The minimum absolute atomic E-state index is 0.235. The molecule has 5 nitrogen and oxygen atoms in total. The molecule has 1 fully saturated rings. The average molecular weight is 510 g/mol. The van der Waals surface area contributed by atoms with Crippen molar-refractivity contribution in [2.75, 3.05) is 6.61 Å². The molecule has 4 aromatic rings. The van der Waals surface area contributed by atoms with Crippen LogP contribution in [0.25, 0.3) is 16.8 Å². The Bertz CT molecular complexity index is 1490. The van der Waals surface area contributed by atoms with Gasteiger partial charge in [-0.2, -0.15) is 0 Å². The number of carbonyl (C=O) groups is 2. The number of thioether (sulfide) groups is 1. The number of nitrogens with zero attached hydrogens (tertiary/aromatic N) is 1. The SMILES string of the molecule is CCOc1cc(/C=C2\SC(=O)N(Cc3cccc4ccccc34)C2=O)ccc1OCc1ccc(C)cc1. The van der Waals surface area contributed by atoms with Crippen molar-refractivity contribution in [2.24, 2.45) is 0 Å². The van der Waals surface area contributed by atoms with E-state index in [4.69, 9.17) is 9.47 Å². The maximum atomic E-state index is 13.2. The largest absolute Gasteiger partial charge is 0.490 e. The van der Waals surface area contributed by atoms with E-state index in [0.29, 0.717) is 29.6 Å². The predicted molar refractivity (Wildman–Crippen MR) is 149 cm³/mol. The van der Waals surface area contributed by atoms with Gasteiger partial charge in [0, 0.05) is 0 Å². The van der Waals surface area contributed by atoms with E-state index in [0.717, 1.165) is 39.2 Å². The summed E-state index contributed by atoms with van der Waals surface area (Å²) in [7, 11) is 0. The van der Waals surface area contributed by atoms with Gasteiger partial charge in [0.05, 0.1) is 18.1 Å². The van der Waals surface area contributed by atoms with Gasteiger partial charge in [0.25, 0.3) is 11.1 Å². The predicted octanol–water partition coefficient (Wildman–Crippen LogP) is 7.36. The van der Waals surface area contributed by atoms with Crippen molar-refractivity contribution in [1.82, 2.24) is 4.90 Å². The normalized spacial score (nSPS) is 14.5. The molecule has 0 radical (unpaired) electrons. The molecule has 0 saturated carbocycles. The number of hydrogen-bond acceptors (Lipinski definition) is 5. The maximum absolute atomic E-state index is 13.2. The molecule has 6 heteroatoms. The molecule has 2 amide bonds. The highest BCUT2D eigenvalue weighted by atomic mass is 32.2. The van der Waals surface area contributed by atoms with E-state index in [2.05, 4.69) is 19.1 Å². The van der Waals surface area contributed by atoms with Crippen LogP contribution >= 0.6 is 11.8 Å². The number of carbonyl (C=O) groups excluding carboxylic acids is 2. The number of hydrogen-bond donors (Lipinski definition) is 0. The van der Waals surface area contributed by atoms with Crippen molar-refractivity contribution in [2.45, 2.75) is 27.0 Å². The number of fused-ring (bicyclic) bond motifs is 1. The first-order chi connectivity index (χ1) is 18.0. The van der Waals surface area contributed by atoms with Gasteiger partial charge in [-0.1, -0.05) is 78.4 Å². The molecule has 5 rings (SSSR count). The molecule has 0 aliphatic carbocycles. The van der Waals surface area contributed by atoms with Gasteiger partial charge in [-0.3, -0.25) is 14.5 Å². The van der Waals surface area contributed by atoms with Gasteiger partial charge in [-0.15, -0.1) is 0 Å². The van der Waals surface area contributed by atoms with Crippen LogP contribution in [0.1, 0.15) is 29.2 Å². The minimum atomic E-state index is -0.291. The molecule has 1 saturated heterocycles. The van der Waals surface area contributed by atoms with Crippen molar-refractivity contribution in [3.63, 3.8) is 0 Å². The summed E-state index contributed by atoms with van der Waals surface area (Å²) >= 11 is 0.960. The van der Waals surface area contributed by atoms with Crippen molar-refractivity contribution in [3.05, 3.63) is 112 Å². The van der Waals surface area contributed by atoms with E-state index in [-0.39, 0.29) is 17.7 Å². The van der Waals surface area contributed by atoms with Gasteiger partial charge in [-0.25, -0.2) is 0 Å². The van der Waals surface area contributed by atoms with Crippen LogP contribution < -0.4 is 9.47 Å². The highest BCUT2D eigenvalue weighted by molar-refractivity contribution is 8.18. The van der Waals surface area contributed by atoms with Gasteiger partial charge in [0.15, 0.2) is 11.5 Å². The lowest BCUT2D eigenvalue weighted by molar-refractivity contribution is -0.123. The van der Waals surface area contributed by atoms with E-state index in [1.165, 1.54) is 10.5 Å². The molecule has 1 heterocycles. The Hall–Kier alpha value is -4.03. The second kappa shape index (κ2) is 10.9. The van der Waals surface area contributed by atoms with Crippen LogP contribution in [0.2, 0.25) is 0 Å². The Kier molecular flexibility index (Phi) is 7.28. The lowest BCUT2D eigenvalue weighted by Gasteiger charge is -2.14. The number of benzene rings is 4. The highest BCUT2D eigenvalue weighted by Crippen LogP contribution is 2.36. The van der Waals surface area contributed by atoms with Gasteiger partial charge >= 0.3 is 0 Å². The summed E-state index contributed by atoms with van der Waals surface area (Å²) in [4.78, 5) is 27.7. The Labute approximate surface area is 220 Å².